The molecule has 1 N–H and O–H groups in total. The van der Waals surface area contributed by atoms with E-state index in [0.29, 0.717) is 5.56 Å². The first kappa shape index (κ1) is 16.0. The molecule has 24 heavy (non-hydrogen) atoms. The number of nitrogens with one attached hydrogen (secondary N) is 1. The van der Waals surface area contributed by atoms with Crippen LogP contribution in [-0.4, -0.2) is 13.3 Å². The molecule has 0 unspecified atom stereocenters. The van der Waals surface area contributed by atoms with E-state index in [4.69, 9.17) is 0 Å². The van der Waals surface area contributed by atoms with Crippen molar-refractivity contribution in [3.05, 3.63) is 77.4 Å². The second kappa shape index (κ2) is 6.71. The van der Waals surface area contributed by atoms with Crippen LogP contribution in [0, 0.1) is 13.8 Å². The summed E-state index contributed by atoms with van der Waals surface area (Å²) in [5, 5.41) is 3.22. The monoisotopic (exact) mass is 315 g/mol. The normalized spacial score (nSPS) is 10.5. The van der Waals surface area contributed by atoms with Gasteiger partial charge in [0.25, 0.3) is 0 Å². The minimum Gasteiger partial charge on any atom is -0.387 e. The van der Waals surface area contributed by atoms with Crippen molar-refractivity contribution in [2.24, 2.45) is 0 Å². The van der Waals surface area contributed by atoms with Crippen molar-refractivity contribution in [2.45, 2.75) is 13.8 Å². The molecule has 0 aromatic heterocycles. The second-order valence-corrected chi connectivity index (χ2v) is 6.05. The maximum atomic E-state index is 11.5. The number of hydrogen-bond donors (Lipinski definition) is 1. The van der Waals surface area contributed by atoms with Crippen LogP contribution < -0.4 is 5.32 Å². The van der Waals surface area contributed by atoms with Crippen molar-refractivity contribution >= 4 is 12.0 Å². The Kier molecular flexibility index (Phi) is 4.48. The molecule has 0 amide bonds. The van der Waals surface area contributed by atoms with E-state index in [2.05, 4.69) is 67.7 Å². The molecule has 3 aromatic carbocycles. The third kappa shape index (κ3) is 2.95. The number of carbonyl (C=O) groups is 1. The maximum Gasteiger partial charge on any atom is 0.152 e. The molecular formula is C22H21NO. The standard InChI is InChI=1S/C22H21NO/c1-15-4-8-17(9-5-15)20-13-12-19(14-24)22(23-3)21(20)18-10-6-16(2)7-11-18/h4-14,23H,1-3H3. The molecule has 3 aromatic rings. The average Bonchev–Trinajstić information content (AvgIpc) is 2.62. The Hall–Kier alpha value is -2.87. The van der Waals surface area contributed by atoms with Crippen LogP contribution in [0.3, 0.4) is 0 Å². The van der Waals surface area contributed by atoms with Gasteiger partial charge in [0, 0.05) is 18.2 Å². The fourth-order valence-corrected chi connectivity index (χ4v) is 2.98. The predicted molar refractivity (Wildman–Crippen MR) is 102 cm³/mol. The smallest absolute Gasteiger partial charge is 0.152 e. The van der Waals surface area contributed by atoms with Crippen LogP contribution >= 0.6 is 0 Å². The highest BCUT2D eigenvalue weighted by Gasteiger charge is 2.15. The molecule has 0 aliphatic heterocycles. The van der Waals surface area contributed by atoms with Gasteiger partial charge < -0.3 is 5.32 Å². The number of anilines is 1. The molecule has 0 saturated heterocycles. The molecule has 0 aliphatic rings. The third-order valence-electron chi connectivity index (χ3n) is 4.32. The summed E-state index contributed by atoms with van der Waals surface area (Å²) in [5.41, 5.74) is 8.41. The number of aryl methyl sites for hydroxylation is 2. The van der Waals surface area contributed by atoms with E-state index in [-0.39, 0.29) is 0 Å². The Morgan fingerprint density at radius 3 is 1.79 bits per heavy atom. The predicted octanol–water partition coefficient (Wildman–Crippen LogP) is 5.49. The van der Waals surface area contributed by atoms with Crippen molar-refractivity contribution < 1.29 is 4.79 Å². The molecule has 0 aliphatic carbocycles. The Balaban J connectivity index is 2.30. The van der Waals surface area contributed by atoms with Gasteiger partial charge in [-0.3, -0.25) is 4.79 Å². The van der Waals surface area contributed by atoms with Gasteiger partial charge in [-0.2, -0.15) is 0 Å². The SMILES string of the molecule is CNc1c(C=O)ccc(-c2ccc(C)cc2)c1-c1ccc(C)cc1. The van der Waals surface area contributed by atoms with Gasteiger partial charge >= 0.3 is 0 Å². The van der Waals surface area contributed by atoms with Crippen LogP contribution in [-0.2, 0) is 0 Å². The van der Waals surface area contributed by atoms with E-state index in [1.807, 2.05) is 19.2 Å². The molecule has 0 spiro atoms. The third-order valence-corrected chi connectivity index (χ3v) is 4.32. The van der Waals surface area contributed by atoms with Crippen molar-refractivity contribution in [2.75, 3.05) is 12.4 Å². The molecule has 0 atom stereocenters. The first-order valence-corrected chi connectivity index (χ1v) is 8.08. The van der Waals surface area contributed by atoms with E-state index in [0.717, 1.165) is 34.2 Å². The summed E-state index contributed by atoms with van der Waals surface area (Å²) in [6, 6.07) is 20.8. The molecule has 0 bridgehead atoms. The Morgan fingerprint density at radius 2 is 1.29 bits per heavy atom. The Labute approximate surface area is 143 Å². The minimum atomic E-state index is 0.670. The summed E-state index contributed by atoms with van der Waals surface area (Å²) in [7, 11) is 1.86. The molecule has 120 valence electrons. The summed E-state index contributed by atoms with van der Waals surface area (Å²) in [6.07, 6.45) is 0.905. The zero-order chi connectivity index (χ0) is 17.1. The van der Waals surface area contributed by atoms with Crippen molar-refractivity contribution in [1.82, 2.24) is 0 Å². The van der Waals surface area contributed by atoms with Crippen LogP contribution in [0.5, 0.6) is 0 Å². The zero-order valence-corrected chi connectivity index (χ0v) is 14.3. The number of aldehydes is 1. The van der Waals surface area contributed by atoms with E-state index in [1.54, 1.807) is 0 Å². The lowest BCUT2D eigenvalue weighted by Crippen LogP contribution is -2.00. The molecule has 0 fully saturated rings. The first-order valence-electron chi connectivity index (χ1n) is 8.08. The van der Waals surface area contributed by atoms with Crippen molar-refractivity contribution in [1.29, 1.82) is 0 Å². The van der Waals surface area contributed by atoms with Gasteiger partial charge in [0.1, 0.15) is 0 Å². The van der Waals surface area contributed by atoms with Gasteiger partial charge in [0.2, 0.25) is 0 Å². The number of hydrogen-bond acceptors (Lipinski definition) is 2. The summed E-state index contributed by atoms with van der Waals surface area (Å²) in [6.45, 7) is 4.16. The van der Waals surface area contributed by atoms with Crippen molar-refractivity contribution in [3.63, 3.8) is 0 Å². The summed E-state index contributed by atoms with van der Waals surface area (Å²) in [5.74, 6) is 0. The van der Waals surface area contributed by atoms with Gasteiger partial charge in [-0.15, -0.1) is 0 Å². The highest BCUT2D eigenvalue weighted by atomic mass is 16.1. The van der Waals surface area contributed by atoms with E-state index in [1.165, 1.54) is 11.1 Å². The Morgan fingerprint density at radius 1 is 0.750 bits per heavy atom. The molecule has 2 heteroatoms. The number of rotatable bonds is 4. The van der Waals surface area contributed by atoms with Gasteiger partial charge in [-0.05, 0) is 36.6 Å². The van der Waals surface area contributed by atoms with E-state index in [9.17, 15) is 4.79 Å². The van der Waals surface area contributed by atoms with Gasteiger partial charge in [0.05, 0.1) is 5.69 Å². The molecule has 0 heterocycles. The summed E-state index contributed by atoms with van der Waals surface area (Å²) < 4.78 is 0. The van der Waals surface area contributed by atoms with Crippen LogP contribution in [0.15, 0.2) is 60.7 Å². The Bertz CT molecular complexity index is 862. The van der Waals surface area contributed by atoms with Crippen LogP contribution in [0.25, 0.3) is 22.3 Å². The minimum absolute atomic E-state index is 0.670. The fourth-order valence-electron chi connectivity index (χ4n) is 2.98. The summed E-state index contributed by atoms with van der Waals surface area (Å²) in [4.78, 5) is 11.5. The lowest BCUT2D eigenvalue weighted by atomic mass is 9.90. The van der Waals surface area contributed by atoms with Gasteiger partial charge in [-0.1, -0.05) is 65.7 Å². The van der Waals surface area contributed by atoms with Crippen LogP contribution in [0.4, 0.5) is 5.69 Å². The highest BCUT2D eigenvalue weighted by molar-refractivity contribution is 5.99. The first-order chi connectivity index (χ1) is 11.6. The van der Waals surface area contributed by atoms with Crippen molar-refractivity contribution in [3.8, 4) is 22.3 Å². The fraction of sp³-hybridized carbons (Fsp3) is 0.136. The highest BCUT2D eigenvalue weighted by Crippen LogP contribution is 2.39. The van der Waals surface area contributed by atoms with E-state index >= 15 is 0 Å². The van der Waals surface area contributed by atoms with Gasteiger partial charge in [0.15, 0.2) is 6.29 Å². The molecule has 3 rings (SSSR count). The molecule has 0 radical (unpaired) electrons. The number of carbonyl (C=O) groups excluding carboxylic acids is 1. The topological polar surface area (TPSA) is 29.1 Å². The quantitative estimate of drug-likeness (QED) is 0.645. The zero-order valence-electron chi connectivity index (χ0n) is 14.3. The second-order valence-electron chi connectivity index (χ2n) is 6.05. The lowest BCUT2D eigenvalue weighted by molar-refractivity contribution is 0.112. The maximum absolute atomic E-state index is 11.5. The lowest BCUT2D eigenvalue weighted by Gasteiger charge is -2.17. The largest absolute Gasteiger partial charge is 0.387 e. The van der Waals surface area contributed by atoms with Gasteiger partial charge in [-0.25, -0.2) is 0 Å². The molecular weight excluding hydrogens is 294 g/mol. The van der Waals surface area contributed by atoms with Crippen LogP contribution in [0.1, 0.15) is 21.5 Å². The molecule has 0 saturated carbocycles. The van der Waals surface area contributed by atoms with E-state index < -0.39 is 0 Å². The summed E-state index contributed by atoms with van der Waals surface area (Å²) >= 11 is 0. The average molecular weight is 315 g/mol. The number of benzene rings is 3. The molecule has 2 nitrogen and oxygen atoms in total. The van der Waals surface area contributed by atoms with Crippen LogP contribution in [0.2, 0.25) is 0 Å².